The summed E-state index contributed by atoms with van der Waals surface area (Å²) in [6.45, 7) is 3.68. The first-order chi connectivity index (χ1) is 4.86. The molecule has 58 valence electrons. The van der Waals surface area contributed by atoms with Crippen LogP contribution < -0.4 is 5.32 Å². The Morgan fingerprint density at radius 3 is 2.40 bits per heavy atom. The second-order valence-electron chi connectivity index (χ2n) is 4.00. The van der Waals surface area contributed by atoms with Gasteiger partial charge in [0.05, 0.1) is 0 Å². The first-order valence-electron chi connectivity index (χ1n) is 4.59. The Kier molecular flexibility index (Phi) is 1.69. The highest BCUT2D eigenvalue weighted by Gasteiger charge is 2.28. The Hall–Kier alpha value is -0.0400. The van der Waals surface area contributed by atoms with Crippen LogP contribution in [0.25, 0.3) is 0 Å². The average molecular weight is 139 g/mol. The van der Waals surface area contributed by atoms with Gasteiger partial charge in [-0.25, -0.2) is 0 Å². The van der Waals surface area contributed by atoms with E-state index in [4.69, 9.17) is 0 Å². The fraction of sp³-hybridized carbons (Fsp3) is 1.00. The van der Waals surface area contributed by atoms with Gasteiger partial charge in [-0.3, -0.25) is 0 Å². The van der Waals surface area contributed by atoms with Gasteiger partial charge in [0.2, 0.25) is 0 Å². The first kappa shape index (κ1) is 6.66. The highest BCUT2D eigenvalue weighted by molar-refractivity contribution is 4.85. The van der Waals surface area contributed by atoms with Gasteiger partial charge >= 0.3 is 0 Å². The lowest BCUT2D eigenvalue weighted by Gasteiger charge is -2.34. The molecule has 10 heavy (non-hydrogen) atoms. The molecule has 0 heterocycles. The van der Waals surface area contributed by atoms with E-state index in [1.54, 1.807) is 0 Å². The van der Waals surface area contributed by atoms with Crippen molar-refractivity contribution in [2.24, 2.45) is 11.8 Å². The van der Waals surface area contributed by atoms with E-state index in [0.717, 1.165) is 17.9 Å². The molecule has 2 saturated carbocycles. The van der Waals surface area contributed by atoms with Gasteiger partial charge in [0, 0.05) is 6.04 Å². The molecule has 0 radical (unpaired) electrons. The zero-order valence-corrected chi connectivity index (χ0v) is 6.77. The fourth-order valence-electron chi connectivity index (χ4n) is 1.64. The van der Waals surface area contributed by atoms with Crippen LogP contribution in [-0.4, -0.2) is 12.6 Å². The SMILES string of the molecule is CC1CCC1CNC1CC1. The summed E-state index contributed by atoms with van der Waals surface area (Å²) in [6.07, 6.45) is 5.81. The van der Waals surface area contributed by atoms with Crippen molar-refractivity contribution < 1.29 is 0 Å². The van der Waals surface area contributed by atoms with Crippen molar-refractivity contribution in [3.63, 3.8) is 0 Å². The van der Waals surface area contributed by atoms with E-state index in [1.165, 1.54) is 32.2 Å². The lowest BCUT2D eigenvalue weighted by atomic mass is 9.75. The molecule has 2 atom stereocenters. The van der Waals surface area contributed by atoms with Crippen LogP contribution in [0.4, 0.5) is 0 Å². The molecule has 2 rings (SSSR count). The smallest absolute Gasteiger partial charge is 0.00683 e. The van der Waals surface area contributed by atoms with Crippen LogP contribution in [0.5, 0.6) is 0 Å². The molecule has 0 aliphatic heterocycles. The molecule has 1 N–H and O–H groups in total. The minimum absolute atomic E-state index is 0.910. The Balaban J connectivity index is 1.60. The van der Waals surface area contributed by atoms with Gasteiger partial charge in [-0.2, -0.15) is 0 Å². The maximum Gasteiger partial charge on any atom is 0.00683 e. The van der Waals surface area contributed by atoms with E-state index in [-0.39, 0.29) is 0 Å². The minimum atomic E-state index is 0.910. The van der Waals surface area contributed by atoms with Gasteiger partial charge in [-0.05, 0) is 37.6 Å². The monoisotopic (exact) mass is 139 g/mol. The van der Waals surface area contributed by atoms with Crippen molar-refractivity contribution >= 4 is 0 Å². The highest BCUT2D eigenvalue weighted by Crippen LogP contribution is 2.33. The molecule has 0 aromatic rings. The van der Waals surface area contributed by atoms with Crippen LogP contribution in [0.2, 0.25) is 0 Å². The zero-order valence-electron chi connectivity index (χ0n) is 6.77. The molecule has 0 aromatic carbocycles. The number of hydrogen-bond acceptors (Lipinski definition) is 1. The Morgan fingerprint density at radius 1 is 1.20 bits per heavy atom. The molecule has 2 fully saturated rings. The lowest BCUT2D eigenvalue weighted by molar-refractivity contribution is 0.190. The Labute approximate surface area is 63.2 Å². The van der Waals surface area contributed by atoms with Crippen LogP contribution in [-0.2, 0) is 0 Å². The maximum absolute atomic E-state index is 3.59. The second kappa shape index (κ2) is 2.54. The lowest BCUT2D eigenvalue weighted by Crippen LogP contribution is -2.34. The zero-order chi connectivity index (χ0) is 6.97. The van der Waals surface area contributed by atoms with Gasteiger partial charge in [0.15, 0.2) is 0 Å². The van der Waals surface area contributed by atoms with Crippen molar-refractivity contribution in [2.45, 2.75) is 38.6 Å². The Morgan fingerprint density at radius 2 is 2.00 bits per heavy atom. The van der Waals surface area contributed by atoms with E-state index in [1.807, 2.05) is 0 Å². The number of hydrogen-bond donors (Lipinski definition) is 1. The van der Waals surface area contributed by atoms with Crippen LogP contribution in [0, 0.1) is 11.8 Å². The summed E-state index contributed by atoms with van der Waals surface area (Å²) in [6, 6.07) is 0.910. The van der Waals surface area contributed by atoms with Crippen LogP contribution in [0.15, 0.2) is 0 Å². The number of nitrogens with one attached hydrogen (secondary N) is 1. The minimum Gasteiger partial charge on any atom is -0.314 e. The summed E-state index contributed by atoms with van der Waals surface area (Å²) in [7, 11) is 0. The molecule has 1 heteroatoms. The van der Waals surface area contributed by atoms with E-state index < -0.39 is 0 Å². The second-order valence-corrected chi connectivity index (χ2v) is 4.00. The summed E-state index contributed by atoms with van der Waals surface area (Å²) in [4.78, 5) is 0. The van der Waals surface area contributed by atoms with Gasteiger partial charge in [0.25, 0.3) is 0 Å². The standard InChI is InChI=1S/C9H17N/c1-7-2-3-8(7)6-10-9-4-5-9/h7-10H,2-6H2,1H3. The summed E-state index contributed by atoms with van der Waals surface area (Å²) in [5.41, 5.74) is 0. The van der Waals surface area contributed by atoms with Crippen LogP contribution >= 0.6 is 0 Å². The molecule has 0 saturated heterocycles. The highest BCUT2D eigenvalue weighted by atomic mass is 14.9. The van der Waals surface area contributed by atoms with Crippen molar-refractivity contribution in [2.75, 3.05) is 6.54 Å². The van der Waals surface area contributed by atoms with Crippen molar-refractivity contribution in [1.82, 2.24) is 5.32 Å². The Bertz CT molecular complexity index is 118. The quantitative estimate of drug-likeness (QED) is 0.628. The summed E-state index contributed by atoms with van der Waals surface area (Å²) >= 11 is 0. The van der Waals surface area contributed by atoms with Crippen LogP contribution in [0.3, 0.4) is 0 Å². The molecule has 2 aliphatic carbocycles. The normalized spacial score (nSPS) is 39.3. The third-order valence-electron chi connectivity index (χ3n) is 3.04. The predicted octanol–water partition coefficient (Wildman–Crippen LogP) is 1.78. The largest absolute Gasteiger partial charge is 0.314 e. The third-order valence-corrected chi connectivity index (χ3v) is 3.04. The number of rotatable bonds is 3. The van der Waals surface area contributed by atoms with Gasteiger partial charge < -0.3 is 5.32 Å². The van der Waals surface area contributed by atoms with Crippen molar-refractivity contribution in [1.29, 1.82) is 0 Å². The summed E-state index contributed by atoms with van der Waals surface area (Å²) < 4.78 is 0. The molecular formula is C9H17N. The van der Waals surface area contributed by atoms with Crippen molar-refractivity contribution in [3.05, 3.63) is 0 Å². The molecular weight excluding hydrogens is 122 g/mol. The maximum atomic E-state index is 3.59. The summed E-state index contributed by atoms with van der Waals surface area (Å²) in [5.74, 6) is 2.02. The van der Waals surface area contributed by atoms with Gasteiger partial charge in [-0.1, -0.05) is 13.3 Å². The molecule has 2 aliphatic rings. The van der Waals surface area contributed by atoms with E-state index in [0.29, 0.717) is 0 Å². The molecule has 0 aromatic heterocycles. The molecule has 0 amide bonds. The topological polar surface area (TPSA) is 12.0 Å². The third kappa shape index (κ3) is 1.34. The van der Waals surface area contributed by atoms with Gasteiger partial charge in [0.1, 0.15) is 0 Å². The fourth-order valence-corrected chi connectivity index (χ4v) is 1.64. The van der Waals surface area contributed by atoms with Crippen LogP contribution in [0.1, 0.15) is 32.6 Å². The van der Waals surface area contributed by atoms with E-state index in [2.05, 4.69) is 12.2 Å². The molecule has 1 nitrogen and oxygen atoms in total. The van der Waals surface area contributed by atoms with E-state index in [9.17, 15) is 0 Å². The predicted molar refractivity (Wildman–Crippen MR) is 42.9 cm³/mol. The van der Waals surface area contributed by atoms with Gasteiger partial charge in [-0.15, -0.1) is 0 Å². The molecule has 0 bridgehead atoms. The average Bonchev–Trinajstić information content (AvgIpc) is 2.69. The molecule has 2 unspecified atom stereocenters. The molecule has 0 spiro atoms. The summed E-state index contributed by atoms with van der Waals surface area (Å²) in [5, 5.41) is 3.59. The van der Waals surface area contributed by atoms with E-state index >= 15 is 0 Å². The first-order valence-corrected chi connectivity index (χ1v) is 4.59. The van der Waals surface area contributed by atoms with Crippen molar-refractivity contribution in [3.8, 4) is 0 Å².